The van der Waals surface area contributed by atoms with Gasteiger partial charge in [-0.05, 0) is 23.8 Å². The van der Waals surface area contributed by atoms with Crippen LogP contribution in [0.3, 0.4) is 0 Å². The van der Waals surface area contributed by atoms with Gasteiger partial charge in [0.25, 0.3) is 0 Å². The van der Waals surface area contributed by atoms with Gasteiger partial charge in [-0.1, -0.05) is 23.9 Å². The van der Waals surface area contributed by atoms with Crippen molar-refractivity contribution in [2.45, 2.75) is 17.5 Å². The first kappa shape index (κ1) is 13.8. The van der Waals surface area contributed by atoms with E-state index in [9.17, 15) is 0 Å². The van der Waals surface area contributed by atoms with E-state index >= 15 is 0 Å². The van der Waals surface area contributed by atoms with E-state index in [0.717, 1.165) is 22.4 Å². The molecule has 0 spiro atoms. The first-order chi connectivity index (χ1) is 10.3. The molecule has 0 radical (unpaired) electrons. The highest BCUT2D eigenvalue weighted by Crippen LogP contribution is 2.21. The topological polar surface area (TPSA) is 74.6 Å². The third-order valence-electron chi connectivity index (χ3n) is 3.18. The first-order valence-electron chi connectivity index (χ1n) is 6.58. The quantitative estimate of drug-likeness (QED) is 0.727. The monoisotopic (exact) mass is 300 g/mol. The van der Waals surface area contributed by atoms with Gasteiger partial charge < -0.3 is 10.3 Å². The molecule has 108 valence electrons. The van der Waals surface area contributed by atoms with Crippen molar-refractivity contribution in [1.82, 2.24) is 24.5 Å². The van der Waals surface area contributed by atoms with Crippen LogP contribution in [0.5, 0.6) is 0 Å². The summed E-state index contributed by atoms with van der Waals surface area (Å²) in [6.45, 7) is 0.405. The van der Waals surface area contributed by atoms with Gasteiger partial charge >= 0.3 is 0 Å². The largest absolute Gasteiger partial charge is 0.324 e. The minimum atomic E-state index is 0.405. The molecule has 0 bridgehead atoms. The maximum Gasteiger partial charge on any atom is 0.191 e. The molecule has 0 aliphatic rings. The second-order valence-corrected chi connectivity index (χ2v) is 5.51. The Morgan fingerprint density at radius 1 is 1.19 bits per heavy atom. The fourth-order valence-electron chi connectivity index (χ4n) is 1.96. The van der Waals surface area contributed by atoms with Crippen molar-refractivity contribution in [3.63, 3.8) is 0 Å². The number of aromatic nitrogens is 5. The van der Waals surface area contributed by atoms with Crippen molar-refractivity contribution >= 4 is 11.8 Å². The van der Waals surface area contributed by atoms with Crippen LogP contribution in [0, 0.1) is 0 Å². The number of thioether (sulfide) groups is 1. The summed E-state index contributed by atoms with van der Waals surface area (Å²) in [6.07, 6.45) is 3.70. The molecular formula is C14H16N6S. The number of hydrogen-bond donors (Lipinski definition) is 1. The molecule has 2 N–H and O–H groups in total. The van der Waals surface area contributed by atoms with Crippen molar-refractivity contribution in [3.8, 4) is 5.69 Å². The van der Waals surface area contributed by atoms with Gasteiger partial charge in [0.15, 0.2) is 5.16 Å². The Morgan fingerprint density at radius 3 is 2.62 bits per heavy atom. The first-order valence-corrected chi connectivity index (χ1v) is 7.56. The lowest BCUT2D eigenvalue weighted by atomic mass is 10.2. The van der Waals surface area contributed by atoms with Gasteiger partial charge in [0.2, 0.25) is 0 Å². The summed E-state index contributed by atoms with van der Waals surface area (Å²) in [5.41, 5.74) is 7.88. The average Bonchev–Trinajstić information content (AvgIpc) is 3.16. The summed E-state index contributed by atoms with van der Waals surface area (Å²) in [6, 6.07) is 10.2. The van der Waals surface area contributed by atoms with E-state index in [1.165, 1.54) is 5.56 Å². The minimum Gasteiger partial charge on any atom is -0.324 e. The Kier molecular flexibility index (Phi) is 4.03. The molecule has 2 heterocycles. The zero-order chi connectivity index (χ0) is 14.7. The average molecular weight is 300 g/mol. The van der Waals surface area contributed by atoms with Gasteiger partial charge in [-0.15, -0.1) is 10.2 Å². The Balaban J connectivity index is 1.67. The Hall–Kier alpha value is -2.12. The van der Waals surface area contributed by atoms with E-state index in [0.29, 0.717) is 6.54 Å². The zero-order valence-electron chi connectivity index (χ0n) is 11.7. The predicted octanol–water partition coefficient (Wildman–Crippen LogP) is 1.75. The van der Waals surface area contributed by atoms with Crippen molar-refractivity contribution in [3.05, 3.63) is 54.1 Å². The van der Waals surface area contributed by atoms with Crippen molar-refractivity contribution < 1.29 is 0 Å². The van der Waals surface area contributed by atoms with E-state index < -0.39 is 0 Å². The predicted molar refractivity (Wildman–Crippen MR) is 82.0 cm³/mol. The van der Waals surface area contributed by atoms with Crippen LogP contribution in [0.15, 0.2) is 47.9 Å². The maximum atomic E-state index is 5.59. The van der Waals surface area contributed by atoms with E-state index in [1.54, 1.807) is 18.0 Å². The Labute approximate surface area is 127 Å². The fraction of sp³-hybridized carbons (Fsp3) is 0.214. The van der Waals surface area contributed by atoms with Crippen LogP contribution in [0.4, 0.5) is 0 Å². The Bertz CT molecular complexity index is 702. The summed E-state index contributed by atoms with van der Waals surface area (Å²) < 4.78 is 3.77. The van der Waals surface area contributed by atoms with Gasteiger partial charge in [-0.3, -0.25) is 0 Å². The van der Waals surface area contributed by atoms with E-state index in [2.05, 4.69) is 39.6 Å². The minimum absolute atomic E-state index is 0.405. The standard InChI is InChI=1S/C14H16N6S/c1-19-13(9-15)17-18-14(19)21-10-11-3-5-12(6-4-11)20-8-2-7-16-20/h2-8H,9-10,15H2,1H3. The number of hydrogen-bond acceptors (Lipinski definition) is 5. The summed E-state index contributed by atoms with van der Waals surface area (Å²) in [5.74, 6) is 1.64. The molecule has 1 aromatic carbocycles. The molecule has 0 aliphatic heterocycles. The third-order valence-corrected chi connectivity index (χ3v) is 4.27. The van der Waals surface area contributed by atoms with E-state index in [1.807, 2.05) is 28.6 Å². The molecule has 0 aliphatic carbocycles. The lowest BCUT2D eigenvalue weighted by molar-refractivity contribution is 0.734. The van der Waals surface area contributed by atoms with Crippen LogP contribution in [-0.2, 0) is 19.3 Å². The second-order valence-electron chi connectivity index (χ2n) is 4.57. The number of nitrogens with two attached hydrogens (primary N) is 1. The molecule has 0 atom stereocenters. The molecular weight excluding hydrogens is 284 g/mol. The van der Waals surface area contributed by atoms with Gasteiger partial charge in [0.1, 0.15) is 5.82 Å². The molecule has 7 heteroatoms. The van der Waals surface area contributed by atoms with Crippen molar-refractivity contribution in [2.75, 3.05) is 0 Å². The summed E-state index contributed by atoms with van der Waals surface area (Å²) in [4.78, 5) is 0. The summed E-state index contributed by atoms with van der Waals surface area (Å²) in [7, 11) is 1.94. The van der Waals surface area contributed by atoms with E-state index in [-0.39, 0.29) is 0 Å². The van der Waals surface area contributed by atoms with Crippen LogP contribution in [0.25, 0.3) is 5.69 Å². The van der Waals surface area contributed by atoms with Crippen molar-refractivity contribution in [1.29, 1.82) is 0 Å². The molecule has 0 saturated carbocycles. The molecule has 0 amide bonds. The molecule has 0 unspecified atom stereocenters. The van der Waals surface area contributed by atoms with Gasteiger partial charge in [-0.2, -0.15) is 5.10 Å². The summed E-state index contributed by atoms with van der Waals surface area (Å²) >= 11 is 1.65. The highest BCUT2D eigenvalue weighted by atomic mass is 32.2. The molecule has 3 aromatic rings. The normalized spacial score (nSPS) is 11.0. The van der Waals surface area contributed by atoms with Crippen LogP contribution in [0.2, 0.25) is 0 Å². The SMILES string of the molecule is Cn1c(CN)nnc1SCc1ccc(-n2cccn2)cc1. The highest BCUT2D eigenvalue weighted by Gasteiger charge is 2.07. The highest BCUT2D eigenvalue weighted by molar-refractivity contribution is 7.98. The molecule has 6 nitrogen and oxygen atoms in total. The molecule has 21 heavy (non-hydrogen) atoms. The molecule has 2 aromatic heterocycles. The lowest BCUT2D eigenvalue weighted by Gasteiger charge is -2.05. The van der Waals surface area contributed by atoms with Gasteiger partial charge in [0, 0.05) is 25.2 Å². The summed E-state index contributed by atoms with van der Waals surface area (Å²) in [5, 5.41) is 13.3. The zero-order valence-corrected chi connectivity index (χ0v) is 12.5. The van der Waals surface area contributed by atoms with Crippen LogP contribution in [0.1, 0.15) is 11.4 Å². The second kappa shape index (κ2) is 6.11. The molecule has 0 fully saturated rings. The van der Waals surface area contributed by atoms with Gasteiger partial charge in [-0.25, -0.2) is 4.68 Å². The van der Waals surface area contributed by atoms with Crippen LogP contribution < -0.4 is 5.73 Å². The van der Waals surface area contributed by atoms with Crippen LogP contribution >= 0.6 is 11.8 Å². The van der Waals surface area contributed by atoms with E-state index in [4.69, 9.17) is 5.73 Å². The lowest BCUT2D eigenvalue weighted by Crippen LogP contribution is -2.05. The van der Waals surface area contributed by atoms with Crippen LogP contribution in [-0.4, -0.2) is 24.5 Å². The smallest absolute Gasteiger partial charge is 0.191 e. The molecule has 3 rings (SSSR count). The molecule has 0 saturated heterocycles. The third kappa shape index (κ3) is 2.98. The number of nitrogens with zero attached hydrogens (tertiary/aromatic N) is 5. The van der Waals surface area contributed by atoms with Crippen molar-refractivity contribution in [2.24, 2.45) is 12.8 Å². The van der Waals surface area contributed by atoms with Gasteiger partial charge in [0.05, 0.1) is 12.2 Å². The number of rotatable bonds is 5. The maximum absolute atomic E-state index is 5.59. The Morgan fingerprint density at radius 2 is 2.00 bits per heavy atom. The number of benzene rings is 1. The fourth-order valence-corrected chi connectivity index (χ4v) is 2.85.